The van der Waals surface area contributed by atoms with E-state index in [9.17, 15) is 19.7 Å². The first-order chi connectivity index (χ1) is 27.9. The van der Waals surface area contributed by atoms with Crippen molar-refractivity contribution in [3.05, 3.63) is 167 Å². The van der Waals surface area contributed by atoms with Gasteiger partial charge in [-0.25, -0.2) is 4.79 Å². The molecule has 0 spiro atoms. The van der Waals surface area contributed by atoms with Crippen LogP contribution in [0.5, 0.6) is 5.75 Å². The maximum absolute atomic E-state index is 15.2. The molecule has 0 radical (unpaired) electrons. The molecule has 13 heteroatoms. The third-order valence-electron chi connectivity index (χ3n) is 10.1. The average Bonchev–Trinajstić information content (AvgIpc) is 3.28. The first-order valence-electron chi connectivity index (χ1n) is 19.3. The molecule has 1 aliphatic rings. The Bertz CT molecular complexity index is 2190. The van der Waals surface area contributed by atoms with E-state index < -0.39 is 44.3 Å². The fourth-order valence-corrected chi connectivity index (χ4v) is 7.89. The fourth-order valence-electron chi connectivity index (χ4n) is 7.16. The highest BCUT2D eigenvalue weighted by molar-refractivity contribution is 7.52. The Hall–Kier alpha value is -5.49. The highest BCUT2D eigenvalue weighted by Crippen LogP contribution is 2.43. The topological polar surface area (TPSA) is 184 Å². The largest absolute Gasteiger partial charge is 0.481 e. The number of nitrogens with zero attached hydrogens (tertiary/aromatic N) is 3. The zero-order chi connectivity index (χ0) is 41.2. The normalized spacial score (nSPS) is 19.8. The summed E-state index contributed by atoms with van der Waals surface area (Å²) < 4.78 is 24.0. The van der Waals surface area contributed by atoms with Crippen molar-refractivity contribution < 1.29 is 33.7 Å². The number of urea groups is 1. The number of benzene rings is 5. The number of aliphatic hydroxyl groups is 2. The van der Waals surface area contributed by atoms with Crippen molar-refractivity contribution in [1.29, 1.82) is 0 Å². The predicted molar refractivity (Wildman–Crippen MR) is 226 cm³/mol. The van der Waals surface area contributed by atoms with Crippen LogP contribution in [-0.4, -0.2) is 73.5 Å². The summed E-state index contributed by atoms with van der Waals surface area (Å²) in [5.41, 5.74) is 17.6. The van der Waals surface area contributed by atoms with E-state index in [0.717, 1.165) is 16.7 Å². The maximum atomic E-state index is 15.2. The van der Waals surface area contributed by atoms with Gasteiger partial charge in [0, 0.05) is 30.4 Å². The van der Waals surface area contributed by atoms with E-state index in [1.807, 2.05) is 111 Å². The molecule has 0 bridgehead atoms. The van der Waals surface area contributed by atoms with Crippen LogP contribution in [0.3, 0.4) is 0 Å². The first kappa shape index (κ1) is 42.1. The Morgan fingerprint density at radius 3 is 1.76 bits per heavy atom. The molecule has 58 heavy (non-hydrogen) atoms. The summed E-state index contributed by atoms with van der Waals surface area (Å²) in [4.78, 5) is 33.5. The van der Waals surface area contributed by atoms with Crippen molar-refractivity contribution in [2.45, 2.75) is 76.7 Å². The van der Waals surface area contributed by atoms with Crippen LogP contribution in [0.2, 0.25) is 0 Å². The number of aliphatic imine (C=N–C) groups is 1. The summed E-state index contributed by atoms with van der Waals surface area (Å²) in [5, 5.41) is 24.3. The van der Waals surface area contributed by atoms with E-state index in [2.05, 4.69) is 4.99 Å². The van der Waals surface area contributed by atoms with Crippen LogP contribution in [-0.2, 0) is 41.6 Å². The van der Waals surface area contributed by atoms with E-state index in [1.165, 1.54) is 0 Å². The SMILES string of the molecule is CC(C)N=C(N)c1cc(CN2C(=O)N(Cc3cccc(OCP(=O)(O)OCc4ccccc4)c3)C(Cc3ccccc3)[C@H](O)[C@@H](O)[C@H]2Cc2ccccc2)ccc1N. The summed E-state index contributed by atoms with van der Waals surface area (Å²) in [6.07, 6.45) is -2.74. The Kier molecular flexibility index (Phi) is 14.0. The van der Waals surface area contributed by atoms with Crippen LogP contribution in [0.4, 0.5) is 10.5 Å². The van der Waals surface area contributed by atoms with Gasteiger partial charge in [-0.05, 0) is 78.8 Å². The number of amidine groups is 1. The molecule has 6 rings (SSSR count). The van der Waals surface area contributed by atoms with Crippen molar-refractivity contribution in [2.75, 3.05) is 12.1 Å². The quantitative estimate of drug-likeness (QED) is 0.0322. The van der Waals surface area contributed by atoms with Crippen molar-refractivity contribution in [1.82, 2.24) is 9.80 Å². The number of nitrogens with two attached hydrogens (primary N) is 2. The predicted octanol–water partition coefficient (Wildman–Crippen LogP) is 6.50. The Morgan fingerprint density at radius 1 is 0.724 bits per heavy atom. The molecule has 1 heterocycles. The van der Waals surface area contributed by atoms with Crippen molar-refractivity contribution in [3.8, 4) is 5.75 Å². The Labute approximate surface area is 339 Å². The number of nitrogen functional groups attached to an aromatic ring is 1. The number of rotatable bonds is 16. The molecule has 5 aromatic rings. The molecule has 304 valence electrons. The molecule has 5 atom stereocenters. The van der Waals surface area contributed by atoms with E-state index in [4.69, 9.17) is 20.7 Å². The summed E-state index contributed by atoms with van der Waals surface area (Å²) in [5.74, 6) is 0.575. The van der Waals surface area contributed by atoms with Gasteiger partial charge >= 0.3 is 13.6 Å². The van der Waals surface area contributed by atoms with E-state index >= 15 is 4.79 Å². The van der Waals surface area contributed by atoms with Crippen molar-refractivity contribution in [2.24, 2.45) is 10.7 Å². The minimum absolute atomic E-state index is 0.0220. The van der Waals surface area contributed by atoms with Gasteiger partial charge in [-0.3, -0.25) is 9.56 Å². The molecule has 5 aromatic carbocycles. The molecule has 0 aromatic heterocycles. The van der Waals surface area contributed by atoms with Crippen LogP contribution in [0.15, 0.2) is 138 Å². The molecular formula is C45H52N5O7P. The van der Waals surface area contributed by atoms with Crippen molar-refractivity contribution in [3.63, 3.8) is 0 Å². The second-order valence-corrected chi connectivity index (χ2v) is 16.7. The van der Waals surface area contributed by atoms with Gasteiger partial charge in [0.15, 0.2) is 6.35 Å². The highest BCUT2D eigenvalue weighted by atomic mass is 31.2. The summed E-state index contributed by atoms with van der Waals surface area (Å²) in [6, 6.07) is 38.2. The van der Waals surface area contributed by atoms with Gasteiger partial charge in [0.1, 0.15) is 23.8 Å². The number of amides is 2. The number of carbonyl (C=O) groups is 1. The molecule has 2 amide bonds. The van der Waals surface area contributed by atoms with E-state index in [1.54, 1.807) is 46.2 Å². The van der Waals surface area contributed by atoms with Crippen LogP contribution in [0, 0.1) is 0 Å². The second kappa shape index (κ2) is 19.3. The van der Waals surface area contributed by atoms with Gasteiger partial charge < -0.3 is 45.6 Å². The van der Waals surface area contributed by atoms with Crippen LogP contribution in [0.25, 0.3) is 0 Å². The molecule has 1 aliphatic heterocycles. The lowest BCUT2D eigenvalue weighted by molar-refractivity contribution is -0.0408. The average molecular weight is 806 g/mol. The monoisotopic (exact) mass is 805 g/mol. The van der Waals surface area contributed by atoms with Crippen molar-refractivity contribution >= 4 is 25.1 Å². The van der Waals surface area contributed by atoms with Gasteiger partial charge in [0.05, 0.1) is 18.7 Å². The Balaban J connectivity index is 1.34. The number of ether oxygens (including phenoxy) is 1. The van der Waals surface area contributed by atoms with E-state index in [-0.39, 0.29) is 44.4 Å². The zero-order valence-corrected chi connectivity index (χ0v) is 33.6. The lowest BCUT2D eigenvalue weighted by Crippen LogP contribution is -2.50. The van der Waals surface area contributed by atoms with Crippen LogP contribution >= 0.6 is 7.60 Å². The highest BCUT2D eigenvalue weighted by Gasteiger charge is 2.46. The molecule has 1 fully saturated rings. The smallest absolute Gasteiger partial charge is 0.365 e. The number of aliphatic hydroxyl groups excluding tert-OH is 2. The molecule has 2 unspecified atom stereocenters. The number of anilines is 1. The Morgan fingerprint density at radius 2 is 1.22 bits per heavy atom. The summed E-state index contributed by atoms with van der Waals surface area (Å²) in [7, 11) is -4.13. The zero-order valence-electron chi connectivity index (χ0n) is 32.7. The second-order valence-electron chi connectivity index (χ2n) is 14.9. The van der Waals surface area contributed by atoms with E-state index in [0.29, 0.717) is 28.1 Å². The van der Waals surface area contributed by atoms with Crippen LogP contribution < -0.4 is 16.2 Å². The molecule has 12 nitrogen and oxygen atoms in total. The first-order valence-corrected chi connectivity index (χ1v) is 21.1. The molecule has 1 saturated heterocycles. The summed E-state index contributed by atoms with van der Waals surface area (Å²) >= 11 is 0. The lowest BCUT2D eigenvalue weighted by Gasteiger charge is -2.36. The minimum Gasteiger partial charge on any atom is -0.481 e. The molecule has 7 N–H and O–H groups in total. The number of hydrogen-bond donors (Lipinski definition) is 5. The fraction of sp³-hybridized carbons (Fsp3) is 0.289. The summed E-state index contributed by atoms with van der Waals surface area (Å²) in [6.45, 7) is 3.87. The molecular weight excluding hydrogens is 753 g/mol. The maximum Gasteiger partial charge on any atom is 0.365 e. The third-order valence-corrected chi connectivity index (χ3v) is 11.1. The van der Waals surface area contributed by atoms with Gasteiger partial charge in [-0.2, -0.15) is 0 Å². The van der Waals surface area contributed by atoms with Gasteiger partial charge in [0.25, 0.3) is 0 Å². The minimum atomic E-state index is -4.13. The third kappa shape index (κ3) is 11.1. The van der Waals surface area contributed by atoms with Crippen LogP contribution in [0.1, 0.15) is 47.2 Å². The standard InChI is InChI=1S/C45H52N5O7P/c1-31(2)48-44(47)38-24-36(21-22-39(38)46)28-50-41(26-33-15-8-4-9-16-33)43(52)42(51)40(25-32-13-6-3-7-14-32)49(45(50)53)27-35-19-12-20-37(23-35)56-30-58(54,55)57-29-34-17-10-5-11-18-34/h3-24,31,40-43,51-52H,25-30,46H2,1-2H3,(H2,47,48)(H,54,55)/t40?,41-,42+,43+/m1/s1. The molecule has 0 aliphatic carbocycles. The number of hydrogen-bond acceptors (Lipinski definition) is 8. The van der Waals surface area contributed by atoms with Gasteiger partial charge in [0.2, 0.25) is 0 Å². The van der Waals surface area contributed by atoms with Gasteiger partial charge in [-0.15, -0.1) is 0 Å². The molecule has 0 saturated carbocycles. The number of carbonyl (C=O) groups excluding carboxylic acids is 1. The van der Waals surface area contributed by atoms with Gasteiger partial charge in [-0.1, -0.05) is 109 Å². The lowest BCUT2D eigenvalue weighted by atomic mass is 9.91.